The Kier molecular flexibility index (Phi) is 52.0. The van der Waals surface area contributed by atoms with Crippen molar-refractivity contribution in [2.45, 2.75) is 328 Å². The highest BCUT2D eigenvalue weighted by atomic mass is 16.5. The van der Waals surface area contributed by atoms with Gasteiger partial charge in [-0.1, -0.05) is 283 Å². The Hall–Kier alpha value is -1.40. The standard InChI is InChI=1S/C57H111NO5/c1-3-5-7-9-11-13-15-17-19-20-21-22-23-24-25-26-27-29-33-37-41-45-49-55(60)54(53-59)58-56(61)50-46-42-38-34-31-32-36-40-44-48-52-63-57(62)51-47-43-39-35-30-28-18-16-14-12-10-8-6-4-2/h45,49,54-55,59-60H,3-44,46-48,50-53H2,1-2H3,(H,58,61)/b49-45+. The molecule has 0 radical (unpaired) electrons. The first kappa shape index (κ1) is 61.6. The third-order valence-electron chi connectivity index (χ3n) is 13.3. The van der Waals surface area contributed by atoms with E-state index < -0.39 is 12.1 Å². The van der Waals surface area contributed by atoms with Gasteiger partial charge in [-0.3, -0.25) is 9.59 Å². The summed E-state index contributed by atoms with van der Waals surface area (Å²) in [4.78, 5) is 24.5. The van der Waals surface area contributed by atoms with Gasteiger partial charge in [0, 0.05) is 12.8 Å². The van der Waals surface area contributed by atoms with Gasteiger partial charge in [0.2, 0.25) is 5.91 Å². The summed E-state index contributed by atoms with van der Waals surface area (Å²) in [6, 6.07) is -0.644. The van der Waals surface area contributed by atoms with E-state index in [4.69, 9.17) is 4.74 Å². The molecular weight excluding hydrogens is 779 g/mol. The van der Waals surface area contributed by atoms with Gasteiger partial charge in [0.25, 0.3) is 0 Å². The summed E-state index contributed by atoms with van der Waals surface area (Å²) in [5, 5.41) is 23.2. The van der Waals surface area contributed by atoms with E-state index in [2.05, 4.69) is 19.2 Å². The fourth-order valence-corrected chi connectivity index (χ4v) is 8.93. The minimum Gasteiger partial charge on any atom is -0.466 e. The number of aliphatic hydroxyl groups is 2. The van der Waals surface area contributed by atoms with Crippen LogP contribution in [0.4, 0.5) is 0 Å². The van der Waals surface area contributed by atoms with Crippen LogP contribution in [0.5, 0.6) is 0 Å². The summed E-state index contributed by atoms with van der Waals surface area (Å²) in [6.07, 6.45) is 62.2. The zero-order valence-electron chi connectivity index (χ0n) is 42.6. The summed E-state index contributed by atoms with van der Waals surface area (Å²) in [7, 11) is 0. The van der Waals surface area contributed by atoms with E-state index in [0.29, 0.717) is 19.4 Å². The van der Waals surface area contributed by atoms with Crippen molar-refractivity contribution < 1.29 is 24.5 Å². The Bertz CT molecular complexity index is 939. The molecule has 2 unspecified atom stereocenters. The van der Waals surface area contributed by atoms with Crippen LogP contribution in [0.2, 0.25) is 0 Å². The number of esters is 1. The second-order valence-corrected chi connectivity index (χ2v) is 19.6. The minimum atomic E-state index is -0.859. The molecule has 1 amide bonds. The summed E-state index contributed by atoms with van der Waals surface area (Å²) < 4.78 is 5.46. The number of hydrogen-bond donors (Lipinski definition) is 3. The molecule has 0 aromatic rings. The van der Waals surface area contributed by atoms with Crippen molar-refractivity contribution in [2.75, 3.05) is 13.2 Å². The molecule has 3 N–H and O–H groups in total. The smallest absolute Gasteiger partial charge is 0.305 e. The molecule has 0 aliphatic carbocycles. The number of ether oxygens (including phenoxy) is 1. The lowest BCUT2D eigenvalue weighted by Gasteiger charge is -2.20. The van der Waals surface area contributed by atoms with Gasteiger partial charge in [0.15, 0.2) is 0 Å². The van der Waals surface area contributed by atoms with Crippen LogP contribution in [0.25, 0.3) is 0 Å². The van der Waals surface area contributed by atoms with Crippen molar-refractivity contribution in [2.24, 2.45) is 0 Å². The van der Waals surface area contributed by atoms with Crippen molar-refractivity contribution in [1.29, 1.82) is 0 Å². The van der Waals surface area contributed by atoms with Gasteiger partial charge >= 0.3 is 5.97 Å². The maximum Gasteiger partial charge on any atom is 0.305 e. The molecule has 0 saturated heterocycles. The first-order chi connectivity index (χ1) is 31.0. The third kappa shape index (κ3) is 49.9. The molecule has 63 heavy (non-hydrogen) atoms. The molecule has 0 saturated carbocycles. The van der Waals surface area contributed by atoms with E-state index >= 15 is 0 Å². The average Bonchev–Trinajstić information content (AvgIpc) is 3.28. The average molecular weight is 891 g/mol. The Morgan fingerprint density at radius 2 is 0.730 bits per heavy atom. The Morgan fingerprint density at radius 3 is 1.08 bits per heavy atom. The van der Waals surface area contributed by atoms with Gasteiger partial charge in [-0.15, -0.1) is 0 Å². The van der Waals surface area contributed by atoms with E-state index in [0.717, 1.165) is 57.8 Å². The lowest BCUT2D eigenvalue weighted by molar-refractivity contribution is -0.143. The van der Waals surface area contributed by atoms with Crippen molar-refractivity contribution in [3.63, 3.8) is 0 Å². The Labute approximate surface area is 393 Å². The van der Waals surface area contributed by atoms with Gasteiger partial charge in [-0.05, 0) is 32.1 Å². The molecule has 0 spiro atoms. The monoisotopic (exact) mass is 890 g/mol. The lowest BCUT2D eigenvalue weighted by Crippen LogP contribution is -2.45. The zero-order chi connectivity index (χ0) is 45.8. The highest BCUT2D eigenvalue weighted by Gasteiger charge is 2.18. The van der Waals surface area contributed by atoms with Crippen LogP contribution in [0.3, 0.4) is 0 Å². The van der Waals surface area contributed by atoms with Crippen LogP contribution < -0.4 is 5.32 Å². The van der Waals surface area contributed by atoms with Crippen LogP contribution in [0, 0.1) is 0 Å². The second kappa shape index (κ2) is 53.2. The Balaban J connectivity index is 3.49. The Morgan fingerprint density at radius 1 is 0.429 bits per heavy atom. The van der Waals surface area contributed by atoms with E-state index in [-0.39, 0.29) is 18.5 Å². The topological polar surface area (TPSA) is 95.9 Å². The number of carbonyl (C=O) groups is 2. The SMILES string of the molecule is CCCCCCCCCCCCCCCCCCCCCC/C=C/C(O)C(CO)NC(=O)CCCCCCCCCCCCOC(=O)CCCCCCCCCCCCCCCC. The molecule has 6 nitrogen and oxygen atoms in total. The molecule has 0 bridgehead atoms. The molecule has 0 aromatic heterocycles. The maximum atomic E-state index is 12.5. The highest BCUT2D eigenvalue weighted by Crippen LogP contribution is 2.17. The number of amides is 1. The molecule has 6 heteroatoms. The van der Waals surface area contributed by atoms with E-state index in [1.54, 1.807) is 6.08 Å². The number of nitrogens with one attached hydrogen (secondary N) is 1. The largest absolute Gasteiger partial charge is 0.466 e. The minimum absolute atomic E-state index is 0.0177. The first-order valence-electron chi connectivity index (χ1n) is 28.5. The van der Waals surface area contributed by atoms with Crippen LogP contribution in [-0.2, 0) is 14.3 Å². The highest BCUT2D eigenvalue weighted by molar-refractivity contribution is 5.76. The van der Waals surface area contributed by atoms with E-state index in [1.165, 1.54) is 231 Å². The van der Waals surface area contributed by atoms with E-state index in [9.17, 15) is 19.8 Å². The molecule has 0 aliphatic rings. The predicted octanol–water partition coefficient (Wildman–Crippen LogP) is 17.3. The fourth-order valence-electron chi connectivity index (χ4n) is 8.93. The van der Waals surface area contributed by atoms with Crippen molar-refractivity contribution in [1.82, 2.24) is 5.32 Å². The van der Waals surface area contributed by atoms with Gasteiger partial charge < -0.3 is 20.3 Å². The molecule has 0 fully saturated rings. The summed E-state index contributed by atoms with van der Waals surface area (Å²) in [5.74, 6) is -0.105. The van der Waals surface area contributed by atoms with Gasteiger partial charge in [-0.2, -0.15) is 0 Å². The number of hydrogen-bond acceptors (Lipinski definition) is 5. The number of unbranched alkanes of at least 4 members (excludes halogenated alkanes) is 42. The fraction of sp³-hybridized carbons (Fsp3) is 0.930. The van der Waals surface area contributed by atoms with Gasteiger partial charge in [0.05, 0.1) is 25.4 Å². The quantitative estimate of drug-likeness (QED) is 0.0321. The predicted molar refractivity (Wildman–Crippen MR) is 273 cm³/mol. The van der Waals surface area contributed by atoms with Crippen molar-refractivity contribution >= 4 is 11.9 Å². The normalized spacial score (nSPS) is 12.6. The number of carbonyl (C=O) groups excluding carboxylic acids is 2. The third-order valence-corrected chi connectivity index (χ3v) is 13.3. The maximum absolute atomic E-state index is 12.5. The molecule has 0 rings (SSSR count). The van der Waals surface area contributed by atoms with Gasteiger partial charge in [0.1, 0.15) is 0 Å². The van der Waals surface area contributed by atoms with Crippen LogP contribution in [0.1, 0.15) is 316 Å². The first-order valence-corrected chi connectivity index (χ1v) is 28.5. The summed E-state index contributed by atoms with van der Waals surface area (Å²) >= 11 is 0. The molecule has 0 aromatic carbocycles. The molecular formula is C57H111NO5. The van der Waals surface area contributed by atoms with E-state index in [1.807, 2.05) is 6.08 Å². The molecule has 374 valence electrons. The number of rotatable bonds is 53. The van der Waals surface area contributed by atoms with Crippen LogP contribution in [0.15, 0.2) is 12.2 Å². The number of allylic oxidation sites excluding steroid dienone is 1. The zero-order valence-corrected chi connectivity index (χ0v) is 42.6. The van der Waals surface area contributed by atoms with Gasteiger partial charge in [-0.25, -0.2) is 0 Å². The molecule has 2 atom stereocenters. The lowest BCUT2D eigenvalue weighted by atomic mass is 10.0. The summed E-state index contributed by atoms with van der Waals surface area (Å²) in [5.41, 5.74) is 0. The number of aliphatic hydroxyl groups excluding tert-OH is 2. The van der Waals surface area contributed by atoms with Crippen molar-refractivity contribution in [3.8, 4) is 0 Å². The van der Waals surface area contributed by atoms with Crippen LogP contribution >= 0.6 is 0 Å². The molecule has 0 aliphatic heterocycles. The molecule has 0 heterocycles. The summed E-state index contributed by atoms with van der Waals surface area (Å²) in [6.45, 7) is 4.88. The van der Waals surface area contributed by atoms with Crippen molar-refractivity contribution in [3.05, 3.63) is 12.2 Å². The van der Waals surface area contributed by atoms with Crippen LogP contribution in [-0.4, -0.2) is 47.4 Å². The second-order valence-electron chi connectivity index (χ2n) is 19.6.